The van der Waals surface area contributed by atoms with Crippen molar-refractivity contribution in [1.29, 1.82) is 0 Å². The van der Waals surface area contributed by atoms with Crippen LogP contribution in [0.5, 0.6) is 5.75 Å². The minimum absolute atomic E-state index is 0.0258. The Morgan fingerprint density at radius 3 is 2.82 bits per heavy atom. The Bertz CT molecular complexity index is 1190. The molecule has 9 heteroatoms. The fourth-order valence-corrected chi connectivity index (χ4v) is 4.52. The zero-order valence-corrected chi connectivity index (χ0v) is 20.1. The lowest BCUT2D eigenvalue weighted by Crippen LogP contribution is -2.38. The first-order valence-electron chi connectivity index (χ1n) is 11.3. The van der Waals surface area contributed by atoms with Crippen LogP contribution in [0.15, 0.2) is 54.7 Å². The van der Waals surface area contributed by atoms with Gasteiger partial charge in [-0.2, -0.15) is 0 Å². The zero-order valence-electron chi connectivity index (χ0n) is 19.2. The first-order valence-corrected chi connectivity index (χ1v) is 11.7. The smallest absolute Gasteiger partial charge is 0.256 e. The van der Waals surface area contributed by atoms with E-state index in [2.05, 4.69) is 10.3 Å². The molecule has 4 rings (SSSR count). The summed E-state index contributed by atoms with van der Waals surface area (Å²) in [5.74, 6) is 0.0291. The van der Waals surface area contributed by atoms with E-state index in [9.17, 15) is 9.59 Å². The standard InChI is InChI=1S/C25H28N4O4S/c1-3-33-14-6-13-28-21(16-23(30)27-18-10-9-17-11-12-26-19(17)15-18)24(31)29(25(28)34)20-7-4-5-8-22(20)32-2/h4-5,7-12,15,21,26H,3,6,13-14,16H2,1-2H3,(H,27,30). The summed E-state index contributed by atoms with van der Waals surface area (Å²) in [4.78, 5) is 32.9. The van der Waals surface area contributed by atoms with Crippen LogP contribution in [0.4, 0.5) is 11.4 Å². The quantitative estimate of drug-likeness (QED) is 0.338. The SMILES string of the molecule is CCOCCCN1C(=S)N(c2ccccc2OC)C(=O)C1CC(=O)Nc1ccc2cc[nH]c2c1. The van der Waals surface area contributed by atoms with Gasteiger partial charge in [0.1, 0.15) is 11.8 Å². The summed E-state index contributed by atoms with van der Waals surface area (Å²) < 4.78 is 10.9. The van der Waals surface area contributed by atoms with Crippen molar-refractivity contribution in [3.63, 3.8) is 0 Å². The molecule has 2 heterocycles. The van der Waals surface area contributed by atoms with Crippen molar-refractivity contribution in [3.8, 4) is 5.75 Å². The minimum atomic E-state index is -0.715. The molecule has 1 unspecified atom stereocenters. The van der Waals surface area contributed by atoms with Crippen LogP contribution in [0.2, 0.25) is 0 Å². The zero-order chi connectivity index (χ0) is 24.1. The fraction of sp³-hybridized carbons (Fsp3) is 0.320. The van der Waals surface area contributed by atoms with Crippen molar-refractivity contribution < 1.29 is 19.1 Å². The van der Waals surface area contributed by atoms with Crippen LogP contribution in [-0.2, 0) is 14.3 Å². The van der Waals surface area contributed by atoms with Gasteiger partial charge in [-0.05, 0) is 61.3 Å². The number of nitrogens with zero attached hydrogens (tertiary/aromatic N) is 2. The van der Waals surface area contributed by atoms with E-state index in [1.165, 1.54) is 4.90 Å². The highest BCUT2D eigenvalue weighted by molar-refractivity contribution is 7.80. The molecule has 1 aromatic heterocycles. The number of carbonyl (C=O) groups is 2. The molecule has 1 atom stereocenters. The van der Waals surface area contributed by atoms with Crippen LogP contribution in [0.1, 0.15) is 19.8 Å². The molecule has 3 aromatic rings. The number of hydrogen-bond donors (Lipinski definition) is 2. The van der Waals surface area contributed by atoms with Gasteiger partial charge in [0.05, 0.1) is 19.2 Å². The second-order valence-corrected chi connectivity index (χ2v) is 8.28. The number of fused-ring (bicyclic) bond motifs is 1. The first-order chi connectivity index (χ1) is 16.5. The number of thiocarbonyl (C=S) groups is 1. The number of methoxy groups -OCH3 is 1. The van der Waals surface area contributed by atoms with Crippen LogP contribution >= 0.6 is 12.2 Å². The van der Waals surface area contributed by atoms with Gasteiger partial charge in [-0.15, -0.1) is 0 Å². The molecule has 0 spiro atoms. The number of H-pyrrole nitrogens is 1. The molecule has 1 saturated heterocycles. The average molecular weight is 481 g/mol. The molecule has 0 aliphatic carbocycles. The summed E-state index contributed by atoms with van der Waals surface area (Å²) in [5.41, 5.74) is 2.16. The number of nitrogens with one attached hydrogen (secondary N) is 2. The largest absolute Gasteiger partial charge is 0.495 e. The number of anilines is 2. The van der Waals surface area contributed by atoms with E-state index >= 15 is 0 Å². The fourth-order valence-electron chi connectivity index (χ4n) is 4.12. The van der Waals surface area contributed by atoms with Crippen LogP contribution < -0.4 is 15.0 Å². The van der Waals surface area contributed by atoms with Crippen molar-refractivity contribution in [2.24, 2.45) is 0 Å². The van der Waals surface area contributed by atoms with E-state index in [1.54, 1.807) is 19.2 Å². The third-order valence-corrected chi connectivity index (χ3v) is 6.17. The van der Waals surface area contributed by atoms with Crippen LogP contribution in [0, 0.1) is 0 Å². The van der Waals surface area contributed by atoms with Crippen molar-refractivity contribution in [3.05, 3.63) is 54.7 Å². The Morgan fingerprint density at radius 2 is 2.03 bits per heavy atom. The number of carbonyl (C=O) groups excluding carboxylic acids is 2. The van der Waals surface area contributed by atoms with Gasteiger partial charge in [-0.3, -0.25) is 14.5 Å². The van der Waals surface area contributed by atoms with Gasteiger partial charge >= 0.3 is 0 Å². The maximum absolute atomic E-state index is 13.5. The number of ether oxygens (including phenoxy) is 2. The predicted octanol–water partition coefficient (Wildman–Crippen LogP) is 3.93. The molecule has 178 valence electrons. The van der Waals surface area contributed by atoms with E-state index in [-0.39, 0.29) is 18.2 Å². The Hall–Kier alpha value is -3.43. The molecule has 2 N–H and O–H groups in total. The molecule has 34 heavy (non-hydrogen) atoms. The molecular formula is C25H28N4O4S. The molecule has 8 nitrogen and oxygen atoms in total. The van der Waals surface area contributed by atoms with Gasteiger partial charge in [-0.25, -0.2) is 0 Å². The summed E-state index contributed by atoms with van der Waals surface area (Å²) in [5, 5.41) is 4.33. The van der Waals surface area contributed by atoms with Gasteiger partial charge in [-0.1, -0.05) is 18.2 Å². The van der Waals surface area contributed by atoms with Crippen LogP contribution in [0.3, 0.4) is 0 Å². The number of amides is 2. The van der Waals surface area contributed by atoms with Crippen molar-refractivity contribution >= 4 is 51.4 Å². The van der Waals surface area contributed by atoms with Crippen molar-refractivity contribution in [2.45, 2.75) is 25.8 Å². The maximum atomic E-state index is 13.5. The molecule has 0 saturated carbocycles. The molecule has 2 amide bonds. The first kappa shape index (κ1) is 23.7. The Kier molecular flexibility index (Phi) is 7.44. The summed E-state index contributed by atoms with van der Waals surface area (Å²) >= 11 is 5.71. The number of para-hydroxylation sites is 2. The van der Waals surface area contributed by atoms with Crippen molar-refractivity contribution in [2.75, 3.05) is 37.1 Å². The lowest BCUT2D eigenvalue weighted by atomic mass is 10.1. The highest BCUT2D eigenvalue weighted by Crippen LogP contribution is 2.34. The van der Waals surface area contributed by atoms with Crippen LogP contribution in [-0.4, -0.2) is 59.7 Å². The highest BCUT2D eigenvalue weighted by atomic mass is 32.1. The molecule has 0 bridgehead atoms. The normalized spacial score (nSPS) is 15.9. The molecule has 2 aromatic carbocycles. The van der Waals surface area contributed by atoms with E-state index in [0.717, 1.165) is 10.9 Å². The third-order valence-electron chi connectivity index (χ3n) is 5.75. The van der Waals surface area contributed by atoms with Gasteiger partial charge in [0.15, 0.2) is 5.11 Å². The average Bonchev–Trinajstić information content (AvgIpc) is 3.39. The van der Waals surface area contributed by atoms with E-state index < -0.39 is 6.04 Å². The number of rotatable bonds is 10. The Morgan fingerprint density at radius 1 is 1.21 bits per heavy atom. The number of hydrogen-bond acceptors (Lipinski definition) is 5. The van der Waals surface area contributed by atoms with Gasteiger partial charge in [0.2, 0.25) is 5.91 Å². The molecule has 1 aliphatic heterocycles. The lowest BCUT2D eigenvalue weighted by molar-refractivity contribution is -0.124. The summed E-state index contributed by atoms with van der Waals surface area (Å²) in [7, 11) is 1.55. The summed E-state index contributed by atoms with van der Waals surface area (Å²) in [6.07, 6.45) is 2.51. The Balaban J connectivity index is 1.54. The molecule has 1 fully saturated rings. The highest BCUT2D eigenvalue weighted by Gasteiger charge is 2.44. The van der Waals surface area contributed by atoms with Gasteiger partial charge in [0, 0.05) is 37.2 Å². The summed E-state index contributed by atoms with van der Waals surface area (Å²) in [6.45, 7) is 3.61. The lowest BCUT2D eigenvalue weighted by Gasteiger charge is -2.24. The van der Waals surface area contributed by atoms with E-state index in [0.29, 0.717) is 48.4 Å². The van der Waals surface area contributed by atoms with Crippen molar-refractivity contribution in [1.82, 2.24) is 9.88 Å². The molecular weight excluding hydrogens is 452 g/mol. The number of benzene rings is 2. The molecule has 1 aliphatic rings. The Labute approximate surface area is 203 Å². The second kappa shape index (κ2) is 10.7. The predicted molar refractivity (Wildman–Crippen MR) is 136 cm³/mol. The topological polar surface area (TPSA) is 86.9 Å². The monoisotopic (exact) mass is 480 g/mol. The van der Waals surface area contributed by atoms with Crippen LogP contribution in [0.25, 0.3) is 10.9 Å². The van der Waals surface area contributed by atoms with E-state index in [4.69, 9.17) is 21.7 Å². The van der Waals surface area contributed by atoms with Gasteiger partial charge < -0.3 is 24.7 Å². The second-order valence-electron chi connectivity index (χ2n) is 7.92. The molecule has 0 radical (unpaired) electrons. The minimum Gasteiger partial charge on any atom is -0.495 e. The summed E-state index contributed by atoms with van der Waals surface area (Å²) in [6, 6.07) is 14.1. The number of aromatic nitrogens is 1. The number of aromatic amines is 1. The maximum Gasteiger partial charge on any atom is 0.256 e. The van der Waals surface area contributed by atoms with E-state index in [1.807, 2.05) is 54.4 Å². The third kappa shape index (κ3) is 4.90. The van der Waals surface area contributed by atoms with Gasteiger partial charge in [0.25, 0.3) is 5.91 Å².